The van der Waals surface area contributed by atoms with Crippen LogP contribution in [0.1, 0.15) is 57.8 Å². The van der Waals surface area contributed by atoms with Crippen LogP contribution < -0.4 is 5.32 Å². The van der Waals surface area contributed by atoms with E-state index in [1.165, 1.54) is 32.2 Å². The van der Waals surface area contributed by atoms with Crippen molar-refractivity contribution < 1.29 is 0 Å². The highest BCUT2D eigenvalue weighted by Gasteiger charge is 2.47. The standard InChI is InChI=1S/C16H27N/c1-2-11(3-1)4-5-17-16-14-7-12-6-13(9-14)10-15(16)8-12/h11-17H,1-10H2. The third-order valence-electron chi connectivity index (χ3n) is 6.38. The van der Waals surface area contributed by atoms with Gasteiger partial charge in [0, 0.05) is 6.04 Å². The summed E-state index contributed by atoms with van der Waals surface area (Å²) in [5.41, 5.74) is 0. The van der Waals surface area contributed by atoms with E-state index in [1.54, 1.807) is 32.1 Å². The van der Waals surface area contributed by atoms with E-state index in [2.05, 4.69) is 5.32 Å². The molecule has 0 aliphatic heterocycles. The molecule has 0 spiro atoms. The van der Waals surface area contributed by atoms with E-state index in [9.17, 15) is 0 Å². The molecule has 5 aliphatic carbocycles. The van der Waals surface area contributed by atoms with Crippen LogP contribution in [-0.4, -0.2) is 12.6 Å². The molecular weight excluding hydrogens is 206 g/mol. The molecule has 0 radical (unpaired) electrons. The Morgan fingerprint density at radius 1 is 0.824 bits per heavy atom. The van der Waals surface area contributed by atoms with Crippen molar-refractivity contribution in [2.75, 3.05) is 6.54 Å². The maximum Gasteiger partial charge on any atom is 0.0124 e. The average Bonchev–Trinajstić information content (AvgIpc) is 2.23. The molecule has 5 fully saturated rings. The largest absolute Gasteiger partial charge is 0.313 e. The van der Waals surface area contributed by atoms with Crippen LogP contribution in [0.15, 0.2) is 0 Å². The van der Waals surface area contributed by atoms with Crippen LogP contribution in [0.2, 0.25) is 0 Å². The summed E-state index contributed by atoms with van der Waals surface area (Å²) in [5, 5.41) is 3.96. The summed E-state index contributed by atoms with van der Waals surface area (Å²) in [5.74, 6) is 5.46. The fraction of sp³-hybridized carbons (Fsp3) is 1.00. The minimum atomic E-state index is 0.919. The van der Waals surface area contributed by atoms with Gasteiger partial charge in [-0.05, 0) is 74.7 Å². The molecule has 4 bridgehead atoms. The third-order valence-corrected chi connectivity index (χ3v) is 6.38. The second kappa shape index (κ2) is 4.26. The fourth-order valence-corrected chi connectivity index (χ4v) is 5.49. The van der Waals surface area contributed by atoms with E-state index in [0.717, 1.165) is 35.6 Å². The predicted molar refractivity (Wildman–Crippen MR) is 70.8 cm³/mol. The van der Waals surface area contributed by atoms with Crippen LogP contribution in [0.3, 0.4) is 0 Å². The quantitative estimate of drug-likeness (QED) is 0.782. The van der Waals surface area contributed by atoms with Gasteiger partial charge in [-0.3, -0.25) is 0 Å². The van der Waals surface area contributed by atoms with Crippen molar-refractivity contribution in [1.29, 1.82) is 0 Å². The van der Waals surface area contributed by atoms with Crippen molar-refractivity contribution in [3.63, 3.8) is 0 Å². The molecule has 0 aromatic rings. The van der Waals surface area contributed by atoms with Gasteiger partial charge in [0.25, 0.3) is 0 Å². The third kappa shape index (κ3) is 1.95. The monoisotopic (exact) mass is 233 g/mol. The first-order chi connectivity index (χ1) is 8.38. The highest BCUT2D eigenvalue weighted by molar-refractivity contribution is 5.01. The fourth-order valence-electron chi connectivity index (χ4n) is 5.49. The van der Waals surface area contributed by atoms with Gasteiger partial charge in [-0.25, -0.2) is 0 Å². The molecule has 0 atom stereocenters. The first-order valence-corrected chi connectivity index (χ1v) is 8.12. The molecule has 0 unspecified atom stereocenters. The Bertz CT molecular complexity index is 253. The molecule has 1 heteroatoms. The summed E-state index contributed by atoms with van der Waals surface area (Å²) < 4.78 is 0. The molecule has 1 nitrogen and oxygen atoms in total. The zero-order valence-electron chi connectivity index (χ0n) is 11.0. The molecule has 5 saturated carbocycles. The maximum absolute atomic E-state index is 3.96. The van der Waals surface area contributed by atoms with E-state index in [1.807, 2.05) is 0 Å². The summed E-state index contributed by atoms with van der Waals surface area (Å²) in [7, 11) is 0. The van der Waals surface area contributed by atoms with Crippen LogP contribution in [0.4, 0.5) is 0 Å². The van der Waals surface area contributed by atoms with E-state index in [4.69, 9.17) is 0 Å². The Kier molecular flexibility index (Phi) is 2.72. The van der Waals surface area contributed by atoms with Crippen LogP contribution in [-0.2, 0) is 0 Å². The predicted octanol–water partition coefficient (Wildman–Crippen LogP) is 3.59. The molecule has 0 heterocycles. The first kappa shape index (κ1) is 10.8. The van der Waals surface area contributed by atoms with Crippen LogP contribution >= 0.6 is 0 Å². The van der Waals surface area contributed by atoms with Gasteiger partial charge in [0.1, 0.15) is 0 Å². The average molecular weight is 233 g/mol. The zero-order valence-corrected chi connectivity index (χ0v) is 11.0. The number of nitrogens with one attached hydrogen (secondary N) is 1. The van der Waals surface area contributed by atoms with E-state index < -0.39 is 0 Å². The van der Waals surface area contributed by atoms with Gasteiger partial charge >= 0.3 is 0 Å². The van der Waals surface area contributed by atoms with Crippen LogP contribution in [0.25, 0.3) is 0 Å². The highest BCUT2D eigenvalue weighted by Crippen LogP contribution is 2.53. The van der Waals surface area contributed by atoms with Gasteiger partial charge in [-0.15, -0.1) is 0 Å². The lowest BCUT2D eigenvalue weighted by atomic mass is 9.54. The van der Waals surface area contributed by atoms with Crippen molar-refractivity contribution in [1.82, 2.24) is 5.32 Å². The molecule has 0 aromatic carbocycles. The second-order valence-electron chi connectivity index (χ2n) is 7.50. The molecule has 0 saturated heterocycles. The normalized spacial score (nSPS) is 48.4. The summed E-state index contributed by atoms with van der Waals surface area (Å²) in [6.07, 6.45) is 13.8. The summed E-state index contributed by atoms with van der Waals surface area (Å²) in [6.45, 7) is 1.32. The Balaban J connectivity index is 1.31. The van der Waals surface area contributed by atoms with Gasteiger partial charge in [-0.2, -0.15) is 0 Å². The number of rotatable bonds is 4. The summed E-state index contributed by atoms with van der Waals surface area (Å²) >= 11 is 0. The maximum atomic E-state index is 3.96. The van der Waals surface area contributed by atoms with Gasteiger partial charge < -0.3 is 5.32 Å². The van der Waals surface area contributed by atoms with Gasteiger partial charge in [0.05, 0.1) is 0 Å². The van der Waals surface area contributed by atoms with Crippen LogP contribution in [0, 0.1) is 29.6 Å². The lowest BCUT2D eigenvalue weighted by Crippen LogP contribution is -2.54. The molecule has 17 heavy (non-hydrogen) atoms. The van der Waals surface area contributed by atoms with E-state index >= 15 is 0 Å². The summed E-state index contributed by atoms with van der Waals surface area (Å²) in [4.78, 5) is 0. The minimum Gasteiger partial charge on any atom is -0.313 e. The van der Waals surface area contributed by atoms with Gasteiger partial charge in [0.2, 0.25) is 0 Å². The smallest absolute Gasteiger partial charge is 0.0124 e. The van der Waals surface area contributed by atoms with Gasteiger partial charge in [0.15, 0.2) is 0 Å². The van der Waals surface area contributed by atoms with Crippen LogP contribution in [0.5, 0.6) is 0 Å². The Morgan fingerprint density at radius 3 is 2.00 bits per heavy atom. The second-order valence-corrected chi connectivity index (χ2v) is 7.50. The molecule has 1 N–H and O–H groups in total. The first-order valence-electron chi connectivity index (χ1n) is 8.12. The van der Waals surface area contributed by atoms with E-state index in [0.29, 0.717) is 0 Å². The number of hydrogen-bond acceptors (Lipinski definition) is 1. The zero-order chi connectivity index (χ0) is 11.2. The van der Waals surface area contributed by atoms with Crippen molar-refractivity contribution in [2.24, 2.45) is 29.6 Å². The van der Waals surface area contributed by atoms with Crippen molar-refractivity contribution in [3.8, 4) is 0 Å². The Morgan fingerprint density at radius 2 is 1.47 bits per heavy atom. The lowest BCUT2D eigenvalue weighted by Gasteiger charge is -2.54. The Labute approximate surface area is 106 Å². The highest BCUT2D eigenvalue weighted by atomic mass is 14.9. The minimum absolute atomic E-state index is 0.919. The van der Waals surface area contributed by atoms with Crippen molar-refractivity contribution in [3.05, 3.63) is 0 Å². The molecular formula is C16H27N. The van der Waals surface area contributed by atoms with Gasteiger partial charge in [-0.1, -0.05) is 19.3 Å². The lowest BCUT2D eigenvalue weighted by molar-refractivity contribution is -0.0141. The molecule has 0 amide bonds. The topological polar surface area (TPSA) is 12.0 Å². The SMILES string of the molecule is C1CC(CCNC2C3CC4CC(C3)CC2C4)C1. The van der Waals surface area contributed by atoms with Crippen molar-refractivity contribution >= 4 is 0 Å². The Hall–Kier alpha value is -0.0400. The van der Waals surface area contributed by atoms with E-state index in [-0.39, 0.29) is 0 Å². The number of hydrogen-bond donors (Lipinski definition) is 1. The van der Waals surface area contributed by atoms with Crippen molar-refractivity contribution in [2.45, 2.75) is 63.8 Å². The molecule has 0 aromatic heterocycles. The summed E-state index contributed by atoms with van der Waals surface area (Å²) in [6, 6.07) is 0.919. The molecule has 96 valence electrons. The molecule has 5 rings (SSSR count). The molecule has 5 aliphatic rings.